The highest BCUT2D eigenvalue weighted by Crippen LogP contribution is 2.25. The van der Waals surface area contributed by atoms with E-state index in [1.165, 1.54) is 0 Å². The van der Waals surface area contributed by atoms with Crippen LogP contribution in [0, 0.1) is 0 Å². The normalized spacial score (nSPS) is 13.3. The molecule has 3 aromatic carbocycles. The van der Waals surface area contributed by atoms with E-state index in [9.17, 15) is 9.59 Å². The van der Waals surface area contributed by atoms with Crippen LogP contribution in [0.1, 0.15) is 24.0 Å². The van der Waals surface area contributed by atoms with Crippen LogP contribution < -0.4 is 4.90 Å². The second-order valence-electron chi connectivity index (χ2n) is 8.89. The van der Waals surface area contributed by atoms with Gasteiger partial charge in [0.15, 0.2) is 0 Å². The molecular formula is C29H28N4O2. The van der Waals surface area contributed by atoms with Crippen LogP contribution in [-0.4, -0.2) is 40.1 Å². The molecule has 0 spiro atoms. The number of anilines is 1. The molecule has 0 radical (unpaired) electrons. The van der Waals surface area contributed by atoms with Crippen LogP contribution in [0.2, 0.25) is 0 Å². The molecule has 1 saturated heterocycles. The third-order valence-corrected chi connectivity index (χ3v) is 6.37. The van der Waals surface area contributed by atoms with Gasteiger partial charge in [-0.15, -0.1) is 0 Å². The number of aromatic nitrogens is 2. The average Bonchev–Trinajstić information content (AvgIpc) is 3.52. The number of benzene rings is 3. The Morgan fingerprint density at radius 3 is 2.26 bits per heavy atom. The van der Waals surface area contributed by atoms with Gasteiger partial charge in [0.25, 0.3) is 0 Å². The zero-order valence-electron chi connectivity index (χ0n) is 19.8. The maximum absolute atomic E-state index is 13.1. The molecule has 0 N–H and O–H groups in total. The smallest absolute Gasteiger partial charge is 0.227 e. The lowest BCUT2D eigenvalue weighted by molar-refractivity contribution is -0.129. The number of carbonyl (C=O) groups is 2. The van der Waals surface area contributed by atoms with Gasteiger partial charge >= 0.3 is 0 Å². The molecule has 6 heteroatoms. The van der Waals surface area contributed by atoms with Crippen LogP contribution in [0.5, 0.6) is 0 Å². The van der Waals surface area contributed by atoms with Gasteiger partial charge in [0.1, 0.15) is 0 Å². The van der Waals surface area contributed by atoms with Crippen LogP contribution in [-0.2, 0) is 22.6 Å². The Bertz CT molecular complexity index is 1310. The van der Waals surface area contributed by atoms with Gasteiger partial charge in [0.2, 0.25) is 11.8 Å². The van der Waals surface area contributed by atoms with E-state index in [1.807, 2.05) is 108 Å². The molecular weight excluding hydrogens is 436 g/mol. The van der Waals surface area contributed by atoms with Crippen LogP contribution in [0.15, 0.2) is 91.1 Å². The van der Waals surface area contributed by atoms with Gasteiger partial charge in [0.05, 0.1) is 17.8 Å². The first kappa shape index (κ1) is 22.6. The Hall–Kier alpha value is -4.19. The van der Waals surface area contributed by atoms with E-state index in [2.05, 4.69) is 0 Å². The van der Waals surface area contributed by atoms with Gasteiger partial charge in [-0.05, 0) is 36.2 Å². The fraction of sp³-hybridized carbons (Fsp3) is 0.207. The fourth-order valence-electron chi connectivity index (χ4n) is 4.45. The van der Waals surface area contributed by atoms with Crippen molar-refractivity contribution in [2.24, 2.45) is 0 Å². The highest BCUT2D eigenvalue weighted by atomic mass is 16.2. The van der Waals surface area contributed by atoms with E-state index < -0.39 is 0 Å². The average molecular weight is 465 g/mol. The number of nitrogens with zero attached hydrogens (tertiary/aromatic N) is 4. The molecule has 0 atom stereocenters. The summed E-state index contributed by atoms with van der Waals surface area (Å²) in [4.78, 5) is 28.6. The largest absolute Gasteiger partial charge is 0.341 e. The van der Waals surface area contributed by atoms with Crippen molar-refractivity contribution in [2.75, 3.05) is 18.5 Å². The lowest BCUT2D eigenvalue weighted by Gasteiger charge is -2.18. The number of likely N-dealkylation sites (N-methyl/N-ethyl adjacent to an activating group) is 1. The number of carbonyl (C=O) groups excluding carboxylic acids is 2. The lowest BCUT2D eigenvalue weighted by atomic mass is 10.1. The standard InChI is InChI=1S/C29H28N4O2/c1-31(28(35)19-22-14-16-25(17-15-22)32-18-8-13-27(32)34)20-24-21-33(26-11-6-3-7-12-26)30-29(24)23-9-4-2-5-10-23/h2-7,9-12,14-17,21H,8,13,18-20H2,1H3. The summed E-state index contributed by atoms with van der Waals surface area (Å²) in [7, 11) is 1.83. The zero-order valence-corrected chi connectivity index (χ0v) is 19.8. The van der Waals surface area contributed by atoms with Gasteiger partial charge in [-0.2, -0.15) is 5.10 Å². The molecule has 1 aromatic heterocycles. The number of amides is 2. The van der Waals surface area contributed by atoms with Crippen molar-refractivity contribution in [3.8, 4) is 16.9 Å². The summed E-state index contributed by atoms with van der Waals surface area (Å²) in [5, 5.41) is 4.85. The maximum atomic E-state index is 13.1. The first-order valence-electron chi connectivity index (χ1n) is 11.9. The van der Waals surface area contributed by atoms with Crippen molar-refractivity contribution in [3.63, 3.8) is 0 Å². The van der Waals surface area contributed by atoms with Crippen LogP contribution in [0.3, 0.4) is 0 Å². The fourth-order valence-corrected chi connectivity index (χ4v) is 4.45. The second kappa shape index (κ2) is 9.97. The molecule has 1 fully saturated rings. The van der Waals surface area contributed by atoms with Gasteiger partial charge in [-0.1, -0.05) is 60.7 Å². The number of para-hydroxylation sites is 1. The summed E-state index contributed by atoms with van der Waals surface area (Å²) in [6.07, 6.45) is 3.81. The van der Waals surface area contributed by atoms with Gasteiger partial charge in [-0.3, -0.25) is 9.59 Å². The number of rotatable bonds is 7. The predicted molar refractivity (Wildman–Crippen MR) is 137 cm³/mol. The monoisotopic (exact) mass is 464 g/mol. The van der Waals surface area contributed by atoms with E-state index >= 15 is 0 Å². The number of hydrogen-bond donors (Lipinski definition) is 0. The molecule has 4 aromatic rings. The molecule has 6 nitrogen and oxygen atoms in total. The highest BCUT2D eigenvalue weighted by molar-refractivity contribution is 5.95. The maximum Gasteiger partial charge on any atom is 0.227 e. The Balaban J connectivity index is 1.32. The molecule has 35 heavy (non-hydrogen) atoms. The van der Waals surface area contributed by atoms with Crippen LogP contribution >= 0.6 is 0 Å². The minimum atomic E-state index is 0.0291. The zero-order chi connectivity index (χ0) is 24.2. The Labute approximate surface area is 205 Å². The number of hydrogen-bond acceptors (Lipinski definition) is 3. The van der Waals surface area contributed by atoms with Crippen molar-refractivity contribution in [1.29, 1.82) is 0 Å². The van der Waals surface area contributed by atoms with E-state index in [0.29, 0.717) is 19.4 Å². The lowest BCUT2D eigenvalue weighted by Crippen LogP contribution is -2.28. The molecule has 1 aliphatic rings. The van der Waals surface area contributed by atoms with E-state index in [1.54, 1.807) is 4.90 Å². The van der Waals surface area contributed by atoms with Gasteiger partial charge < -0.3 is 9.80 Å². The van der Waals surface area contributed by atoms with Crippen molar-refractivity contribution < 1.29 is 9.59 Å². The SMILES string of the molecule is CN(Cc1cn(-c2ccccc2)nc1-c1ccccc1)C(=O)Cc1ccc(N2CCCC2=O)cc1. The summed E-state index contributed by atoms with van der Waals surface area (Å²) in [5.74, 6) is 0.195. The molecule has 1 aliphatic heterocycles. The third-order valence-electron chi connectivity index (χ3n) is 6.37. The van der Waals surface area contributed by atoms with Crippen LogP contribution in [0.25, 0.3) is 16.9 Å². The Morgan fingerprint density at radius 1 is 0.914 bits per heavy atom. The third kappa shape index (κ3) is 5.01. The minimum Gasteiger partial charge on any atom is -0.341 e. The van der Waals surface area contributed by atoms with Gasteiger partial charge in [-0.25, -0.2) is 4.68 Å². The summed E-state index contributed by atoms with van der Waals surface area (Å²) in [6, 6.07) is 27.8. The minimum absolute atomic E-state index is 0.0291. The Kier molecular flexibility index (Phi) is 6.44. The van der Waals surface area contributed by atoms with E-state index in [0.717, 1.165) is 46.7 Å². The van der Waals surface area contributed by atoms with Crippen molar-refractivity contribution in [1.82, 2.24) is 14.7 Å². The molecule has 0 saturated carbocycles. The Morgan fingerprint density at radius 2 is 1.60 bits per heavy atom. The van der Waals surface area contributed by atoms with E-state index in [-0.39, 0.29) is 11.8 Å². The highest BCUT2D eigenvalue weighted by Gasteiger charge is 2.22. The predicted octanol–water partition coefficient (Wildman–Crippen LogP) is 4.87. The summed E-state index contributed by atoms with van der Waals surface area (Å²) < 4.78 is 1.87. The topological polar surface area (TPSA) is 58.4 Å². The summed E-state index contributed by atoms with van der Waals surface area (Å²) in [6.45, 7) is 1.22. The molecule has 2 heterocycles. The molecule has 5 rings (SSSR count). The molecule has 176 valence electrons. The molecule has 2 amide bonds. The summed E-state index contributed by atoms with van der Waals surface area (Å²) >= 11 is 0. The first-order valence-corrected chi connectivity index (χ1v) is 11.9. The van der Waals surface area contributed by atoms with Gasteiger partial charge in [0, 0.05) is 49.6 Å². The molecule has 0 bridgehead atoms. The van der Waals surface area contributed by atoms with Crippen LogP contribution in [0.4, 0.5) is 5.69 Å². The molecule has 0 aliphatic carbocycles. The molecule has 0 unspecified atom stereocenters. The quantitative estimate of drug-likeness (QED) is 0.392. The van der Waals surface area contributed by atoms with Crippen molar-refractivity contribution in [3.05, 3.63) is 102 Å². The van der Waals surface area contributed by atoms with Crippen molar-refractivity contribution >= 4 is 17.5 Å². The summed E-state index contributed by atoms with van der Waals surface area (Å²) in [5.41, 5.74) is 5.68. The van der Waals surface area contributed by atoms with Crippen molar-refractivity contribution in [2.45, 2.75) is 25.8 Å². The van der Waals surface area contributed by atoms with E-state index in [4.69, 9.17) is 5.10 Å². The second-order valence-corrected chi connectivity index (χ2v) is 8.89. The first-order chi connectivity index (χ1) is 17.1.